The number of nitrogens with one attached hydrogen (secondary N) is 2. The molecule has 0 unspecified atom stereocenters. The second-order valence-electron chi connectivity index (χ2n) is 9.17. The number of carbonyl (C=O) groups excluding carboxylic acids is 2. The molecule has 4 rings (SSSR count). The number of amides is 2. The molecule has 2 aromatic rings. The molecule has 0 radical (unpaired) electrons. The van der Waals surface area contributed by atoms with E-state index in [0.29, 0.717) is 11.7 Å². The number of halogens is 2. The Balaban J connectivity index is 1.27. The molecule has 5 nitrogen and oxygen atoms in total. The van der Waals surface area contributed by atoms with Crippen LogP contribution in [0.3, 0.4) is 0 Å². The second kappa shape index (κ2) is 11.1. The van der Waals surface area contributed by atoms with Crippen LogP contribution in [0.1, 0.15) is 60.9 Å². The summed E-state index contributed by atoms with van der Waals surface area (Å²) in [4.78, 5) is 27.4. The molecule has 1 aliphatic heterocycles. The molecule has 1 saturated heterocycles. The highest BCUT2D eigenvalue weighted by Crippen LogP contribution is 2.23. The summed E-state index contributed by atoms with van der Waals surface area (Å²) in [6.45, 7) is 2.49. The fourth-order valence-electron chi connectivity index (χ4n) is 4.80. The third-order valence-electron chi connectivity index (χ3n) is 6.68. The fraction of sp³-hybridized carbons (Fsp3) is 0.462. The van der Waals surface area contributed by atoms with Gasteiger partial charge in [0.1, 0.15) is 5.82 Å². The Hall–Kier alpha value is -2.44. The smallest absolute Gasteiger partial charge is 0.258 e. The summed E-state index contributed by atoms with van der Waals surface area (Å²) < 4.78 is 14.0. The average molecular weight is 472 g/mol. The van der Waals surface area contributed by atoms with E-state index >= 15 is 0 Å². The van der Waals surface area contributed by atoms with E-state index in [2.05, 4.69) is 15.5 Å². The van der Waals surface area contributed by atoms with Gasteiger partial charge in [-0.3, -0.25) is 14.5 Å². The molecule has 2 amide bonds. The lowest BCUT2D eigenvalue weighted by atomic mass is 9.92. The van der Waals surface area contributed by atoms with Crippen LogP contribution in [0, 0.1) is 11.7 Å². The maximum absolute atomic E-state index is 14.0. The van der Waals surface area contributed by atoms with Crippen LogP contribution in [-0.4, -0.2) is 35.8 Å². The normalized spacial score (nSPS) is 18.1. The molecule has 7 heteroatoms. The minimum atomic E-state index is -0.647. The topological polar surface area (TPSA) is 61.4 Å². The summed E-state index contributed by atoms with van der Waals surface area (Å²) in [7, 11) is 0. The molecule has 176 valence electrons. The molecule has 2 fully saturated rings. The minimum Gasteiger partial charge on any atom is -0.353 e. The van der Waals surface area contributed by atoms with E-state index < -0.39 is 11.7 Å². The molecule has 0 aromatic heterocycles. The molecule has 2 aromatic carbocycles. The van der Waals surface area contributed by atoms with Crippen LogP contribution in [0.4, 0.5) is 10.1 Å². The molecule has 2 N–H and O–H groups in total. The van der Waals surface area contributed by atoms with E-state index in [0.717, 1.165) is 56.9 Å². The van der Waals surface area contributed by atoms with Gasteiger partial charge < -0.3 is 10.6 Å². The fourth-order valence-corrected chi connectivity index (χ4v) is 4.96. The van der Waals surface area contributed by atoms with Gasteiger partial charge in [-0.2, -0.15) is 0 Å². The van der Waals surface area contributed by atoms with Crippen LogP contribution in [0.15, 0.2) is 42.5 Å². The van der Waals surface area contributed by atoms with Crippen molar-refractivity contribution in [2.45, 2.75) is 57.5 Å². The van der Waals surface area contributed by atoms with Crippen molar-refractivity contribution in [2.24, 2.45) is 5.92 Å². The lowest BCUT2D eigenvalue weighted by molar-refractivity contribution is -0.127. The predicted molar refractivity (Wildman–Crippen MR) is 129 cm³/mol. The largest absolute Gasteiger partial charge is 0.353 e. The zero-order valence-corrected chi connectivity index (χ0v) is 19.5. The summed E-state index contributed by atoms with van der Waals surface area (Å²) in [5.74, 6) is -0.832. The van der Waals surface area contributed by atoms with E-state index in [-0.39, 0.29) is 22.4 Å². The Morgan fingerprint density at radius 2 is 1.76 bits per heavy atom. The lowest BCUT2D eigenvalue weighted by Crippen LogP contribution is -2.44. The number of anilines is 1. The van der Waals surface area contributed by atoms with Gasteiger partial charge in [0.15, 0.2) is 0 Å². The summed E-state index contributed by atoms with van der Waals surface area (Å²) in [6.07, 6.45) is 7.68. The average Bonchev–Trinajstić information content (AvgIpc) is 2.80. The van der Waals surface area contributed by atoms with E-state index in [1.54, 1.807) is 6.07 Å². The zero-order chi connectivity index (χ0) is 23.2. The number of hydrogen-bond acceptors (Lipinski definition) is 3. The number of rotatable bonds is 6. The summed E-state index contributed by atoms with van der Waals surface area (Å²) >= 11 is 5.77. The lowest BCUT2D eigenvalue weighted by Gasteiger charge is -2.32. The van der Waals surface area contributed by atoms with Gasteiger partial charge in [0.2, 0.25) is 5.91 Å². The van der Waals surface area contributed by atoms with E-state index in [4.69, 9.17) is 11.6 Å². The van der Waals surface area contributed by atoms with Crippen LogP contribution in [0.25, 0.3) is 0 Å². The molecule has 0 atom stereocenters. The van der Waals surface area contributed by atoms with Crippen LogP contribution < -0.4 is 10.6 Å². The van der Waals surface area contributed by atoms with E-state index in [1.165, 1.54) is 31.4 Å². The van der Waals surface area contributed by atoms with Gasteiger partial charge in [-0.25, -0.2) is 4.39 Å². The molecule has 2 aliphatic rings. The highest BCUT2D eigenvalue weighted by molar-refractivity contribution is 6.30. The summed E-state index contributed by atoms with van der Waals surface area (Å²) in [6, 6.07) is 12.0. The first-order valence-corrected chi connectivity index (χ1v) is 12.2. The summed E-state index contributed by atoms with van der Waals surface area (Å²) in [5, 5.41) is 6.28. The van der Waals surface area contributed by atoms with Gasteiger partial charge in [0.25, 0.3) is 5.91 Å². The van der Waals surface area contributed by atoms with Crippen molar-refractivity contribution in [3.8, 4) is 0 Å². The van der Waals surface area contributed by atoms with Crippen molar-refractivity contribution in [3.05, 3.63) is 64.4 Å². The van der Waals surface area contributed by atoms with Crippen LogP contribution >= 0.6 is 11.6 Å². The molecular formula is C26H31ClFN3O2. The second-order valence-corrected chi connectivity index (χ2v) is 9.61. The first-order chi connectivity index (χ1) is 16.0. The quantitative estimate of drug-likeness (QED) is 0.593. The third-order valence-corrected chi connectivity index (χ3v) is 6.91. The van der Waals surface area contributed by atoms with Crippen molar-refractivity contribution in [1.29, 1.82) is 0 Å². The molecule has 1 saturated carbocycles. The van der Waals surface area contributed by atoms with Gasteiger partial charge in [-0.1, -0.05) is 43.0 Å². The number of benzene rings is 2. The zero-order valence-electron chi connectivity index (χ0n) is 18.8. The molecular weight excluding hydrogens is 441 g/mol. The Labute approximate surface area is 199 Å². The van der Waals surface area contributed by atoms with Crippen LogP contribution in [0.5, 0.6) is 0 Å². The van der Waals surface area contributed by atoms with Gasteiger partial charge in [0, 0.05) is 29.2 Å². The van der Waals surface area contributed by atoms with Crippen molar-refractivity contribution in [1.82, 2.24) is 10.2 Å². The number of hydrogen-bond donors (Lipinski definition) is 2. The molecule has 0 bridgehead atoms. The van der Waals surface area contributed by atoms with Gasteiger partial charge >= 0.3 is 0 Å². The Morgan fingerprint density at radius 1 is 1.00 bits per heavy atom. The van der Waals surface area contributed by atoms with E-state index in [9.17, 15) is 14.0 Å². The monoisotopic (exact) mass is 471 g/mol. The van der Waals surface area contributed by atoms with Crippen molar-refractivity contribution in [2.75, 3.05) is 18.4 Å². The van der Waals surface area contributed by atoms with Gasteiger partial charge in [-0.05, 0) is 74.7 Å². The number of nitrogens with zero attached hydrogens (tertiary/aromatic N) is 1. The number of carbonyl (C=O) groups is 2. The van der Waals surface area contributed by atoms with Crippen LogP contribution in [0.2, 0.25) is 5.02 Å². The highest BCUT2D eigenvalue weighted by atomic mass is 35.5. The van der Waals surface area contributed by atoms with Crippen molar-refractivity contribution < 1.29 is 14.0 Å². The first kappa shape index (κ1) is 23.7. The van der Waals surface area contributed by atoms with E-state index in [1.807, 2.05) is 18.2 Å². The highest BCUT2D eigenvalue weighted by Gasteiger charge is 2.27. The SMILES string of the molecule is O=C(Nc1cccc(CN2CCC(C(=O)NC3CCCCC3)CC2)c1)c1ccc(Cl)cc1F. The number of piperidine rings is 1. The molecule has 0 spiro atoms. The summed E-state index contributed by atoms with van der Waals surface area (Å²) in [5.41, 5.74) is 1.64. The Kier molecular flexibility index (Phi) is 7.99. The van der Waals surface area contributed by atoms with Crippen LogP contribution in [-0.2, 0) is 11.3 Å². The Bertz CT molecular complexity index is 985. The predicted octanol–water partition coefficient (Wildman–Crippen LogP) is 5.39. The molecule has 1 aliphatic carbocycles. The van der Waals surface area contributed by atoms with Crippen molar-refractivity contribution >= 4 is 29.1 Å². The van der Waals surface area contributed by atoms with Gasteiger partial charge in [0.05, 0.1) is 5.56 Å². The van der Waals surface area contributed by atoms with Gasteiger partial charge in [-0.15, -0.1) is 0 Å². The van der Waals surface area contributed by atoms with Crippen molar-refractivity contribution in [3.63, 3.8) is 0 Å². The Morgan fingerprint density at radius 3 is 2.48 bits per heavy atom. The molecule has 33 heavy (non-hydrogen) atoms. The third kappa shape index (κ3) is 6.55. The minimum absolute atomic E-state index is 0.0432. The standard InChI is InChI=1S/C26H31ClFN3O2/c27-20-9-10-23(24(28)16-20)26(33)30-22-8-4-5-18(15-22)17-31-13-11-19(12-14-31)25(32)29-21-6-2-1-3-7-21/h4-5,8-10,15-16,19,21H,1-3,6-7,11-14,17H2,(H,29,32)(H,30,33). The molecule has 1 heterocycles. The first-order valence-electron chi connectivity index (χ1n) is 11.9. The number of likely N-dealkylation sites (tertiary alicyclic amines) is 1. The maximum Gasteiger partial charge on any atom is 0.258 e. The maximum atomic E-state index is 14.0.